The molecule has 0 bridgehead atoms. The molecule has 0 atom stereocenters. The van der Waals surface area contributed by atoms with Crippen molar-refractivity contribution in [3.63, 3.8) is 0 Å². The van der Waals surface area contributed by atoms with Crippen molar-refractivity contribution in [1.82, 2.24) is 13.9 Å². The molecule has 0 saturated carbocycles. The van der Waals surface area contributed by atoms with Crippen molar-refractivity contribution >= 4 is 15.7 Å². The van der Waals surface area contributed by atoms with Crippen molar-refractivity contribution in [3.05, 3.63) is 43.0 Å². The van der Waals surface area contributed by atoms with Gasteiger partial charge in [0.2, 0.25) is 10.0 Å². The van der Waals surface area contributed by atoms with Crippen molar-refractivity contribution in [3.8, 4) is 0 Å². The molecule has 1 aliphatic heterocycles. The van der Waals surface area contributed by atoms with Gasteiger partial charge < -0.3 is 9.47 Å². The second kappa shape index (κ2) is 9.44. The van der Waals surface area contributed by atoms with Gasteiger partial charge in [0.25, 0.3) is 0 Å². The van der Waals surface area contributed by atoms with Gasteiger partial charge in [-0.25, -0.2) is 13.4 Å². The number of fused-ring (bicyclic) bond motifs is 1. The van der Waals surface area contributed by atoms with E-state index in [1.54, 1.807) is 31.7 Å². The Morgan fingerprint density at radius 2 is 1.79 bits per heavy atom. The Morgan fingerprint density at radius 1 is 1.12 bits per heavy atom. The van der Waals surface area contributed by atoms with Crippen LogP contribution in [0.3, 0.4) is 0 Å². The molecular weight excluding hydrogens is 324 g/mol. The van der Waals surface area contributed by atoms with E-state index in [1.807, 2.05) is 50.7 Å². The van der Waals surface area contributed by atoms with E-state index in [-0.39, 0.29) is 0 Å². The summed E-state index contributed by atoms with van der Waals surface area (Å²) in [6, 6.07) is 7.19. The molecule has 1 aromatic heterocycles. The predicted molar refractivity (Wildman–Crippen MR) is 98.7 cm³/mol. The van der Waals surface area contributed by atoms with Gasteiger partial charge in [-0.15, -0.1) is 0 Å². The van der Waals surface area contributed by atoms with E-state index in [0.717, 1.165) is 18.8 Å². The van der Waals surface area contributed by atoms with Crippen LogP contribution in [0.4, 0.5) is 5.69 Å². The molecule has 3 rings (SSSR count). The molecule has 2 aromatic rings. The molecule has 0 radical (unpaired) electrons. The lowest BCUT2D eigenvalue weighted by atomic mass is 10.3. The summed E-state index contributed by atoms with van der Waals surface area (Å²) < 4.78 is 27.7. The number of imidazole rings is 1. The first-order valence-electron chi connectivity index (χ1n) is 8.19. The highest BCUT2D eigenvalue weighted by Crippen LogP contribution is 2.29. The minimum atomic E-state index is -3.31. The SMILES string of the molecule is CC.CCN1CCN(C)S(=O)(=O)c2ccccc21.Cn1ccnc1. The van der Waals surface area contributed by atoms with Crippen LogP contribution >= 0.6 is 0 Å². The zero-order chi connectivity index (χ0) is 18.2. The maximum absolute atomic E-state index is 12.2. The first-order chi connectivity index (χ1) is 11.5. The number of rotatable bonds is 1. The first-order valence-corrected chi connectivity index (χ1v) is 9.63. The molecule has 0 unspecified atom stereocenters. The highest BCUT2D eigenvalue weighted by Gasteiger charge is 2.28. The summed E-state index contributed by atoms with van der Waals surface area (Å²) in [5.41, 5.74) is 0.814. The summed E-state index contributed by atoms with van der Waals surface area (Å²) >= 11 is 0. The van der Waals surface area contributed by atoms with Crippen molar-refractivity contribution in [2.75, 3.05) is 31.6 Å². The van der Waals surface area contributed by atoms with Crippen LogP contribution < -0.4 is 4.90 Å². The molecule has 1 aliphatic rings. The smallest absolute Gasteiger partial charge is 0.244 e. The zero-order valence-corrected chi connectivity index (χ0v) is 16.0. The minimum Gasteiger partial charge on any atom is -0.369 e. The lowest BCUT2D eigenvalue weighted by molar-refractivity contribution is 0.479. The molecule has 0 fully saturated rings. The number of nitrogens with zero attached hydrogens (tertiary/aromatic N) is 4. The van der Waals surface area contributed by atoms with Crippen molar-refractivity contribution < 1.29 is 8.42 Å². The van der Waals surface area contributed by atoms with E-state index in [2.05, 4.69) is 9.88 Å². The topological polar surface area (TPSA) is 58.4 Å². The first kappa shape index (κ1) is 20.2. The van der Waals surface area contributed by atoms with Gasteiger partial charge in [0, 0.05) is 46.1 Å². The van der Waals surface area contributed by atoms with Crippen LogP contribution in [0.2, 0.25) is 0 Å². The molecule has 1 aromatic carbocycles. The average Bonchev–Trinajstić information content (AvgIpc) is 3.05. The summed E-state index contributed by atoms with van der Waals surface area (Å²) in [7, 11) is 0.259. The van der Waals surface area contributed by atoms with E-state index < -0.39 is 10.0 Å². The number of sulfonamides is 1. The van der Waals surface area contributed by atoms with Crippen molar-refractivity contribution in [1.29, 1.82) is 0 Å². The van der Waals surface area contributed by atoms with Gasteiger partial charge in [-0.1, -0.05) is 26.0 Å². The number of hydrogen-bond donors (Lipinski definition) is 0. The number of benzene rings is 1. The molecule has 0 spiro atoms. The van der Waals surface area contributed by atoms with E-state index in [9.17, 15) is 8.42 Å². The molecule has 134 valence electrons. The Morgan fingerprint density at radius 3 is 2.29 bits per heavy atom. The Kier molecular flexibility index (Phi) is 7.94. The molecule has 7 heteroatoms. The molecule has 2 heterocycles. The number of anilines is 1. The second-order valence-electron chi connectivity index (χ2n) is 5.10. The van der Waals surface area contributed by atoms with E-state index in [4.69, 9.17) is 0 Å². The van der Waals surface area contributed by atoms with Crippen LogP contribution in [0.25, 0.3) is 0 Å². The van der Waals surface area contributed by atoms with Crippen LogP contribution in [0.15, 0.2) is 47.9 Å². The van der Waals surface area contributed by atoms with E-state index in [1.165, 1.54) is 4.31 Å². The number of aryl methyl sites for hydroxylation is 1. The Labute approximate surface area is 145 Å². The zero-order valence-electron chi connectivity index (χ0n) is 15.2. The van der Waals surface area contributed by atoms with E-state index in [0.29, 0.717) is 11.4 Å². The number of para-hydroxylation sites is 1. The molecular formula is C17H28N4O2S. The molecule has 0 amide bonds. The Bertz CT molecular complexity index is 699. The Hall–Kier alpha value is -1.86. The van der Waals surface area contributed by atoms with Crippen LogP contribution in [0.5, 0.6) is 0 Å². The second-order valence-corrected chi connectivity index (χ2v) is 7.12. The number of hydrogen-bond acceptors (Lipinski definition) is 4. The van der Waals surface area contributed by atoms with Crippen LogP contribution in [0.1, 0.15) is 20.8 Å². The summed E-state index contributed by atoms with van der Waals surface area (Å²) in [4.78, 5) is 6.29. The molecule has 0 N–H and O–H groups in total. The molecule has 24 heavy (non-hydrogen) atoms. The van der Waals surface area contributed by atoms with Crippen LogP contribution in [0, 0.1) is 0 Å². The lowest BCUT2D eigenvalue weighted by Gasteiger charge is -2.21. The van der Waals surface area contributed by atoms with Crippen molar-refractivity contribution in [2.45, 2.75) is 25.7 Å². The van der Waals surface area contributed by atoms with E-state index >= 15 is 0 Å². The third-order valence-corrected chi connectivity index (χ3v) is 5.50. The fourth-order valence-corrected chi connectivity index (χ4v) is 3.63. The number of aromatic nitrogens is 2. The van der Waals surface area contributed by atoms with Gasteiger partial charge in [0.1, 0.15) is 4.90 Å². The fourth-order valence-electron chi connectivity index (χ4n) is 2.26. The summed E-state index contributed by atoms with van der Waals surface area (Å²) in [5.74, 6) is 0. The van der Waals surface area contributed by atoms with Crippen LogP contribution in [-0.4, -0.2) is 49.0 Å². The maximum Gasteiger partial charge on any atom is 0.244 e. The predicted octanol–water partition coefficient (Wildman–Crippen LogP) is 2.59. The maximum atomic E-state index is 12.2. The molecule has 0 aliphatic carbocycles. The highest BCUT2D eigenvalue weighted by molar-refractivity contribution is 7.89. The lowest BCUT2D eigenvalue weighted by Crippen LogP contribution is -2.31. The van der Waals surface area contributed by atoms with Crippen molar-refractivity contribution in [2.24, 2.45) is 7.05 Å². The normalized spacial score (nSPS) is 16.0. The van der Waals surface area contributed by atoms with Gasteiger partial charge in [-0.05, 0) is 19.1 Å². The third kappa shape index (κ3) is 4.82. The average molecular weight is 353 g/mol. The summed E-state index contributed by atoms with van der Waals surface area (Å²) in [5, 5.41) is 0. The van der Waals surface area contributed by atoms with Gasteiger partial charge in [0.15, 0.2) is 0 Å². The summed E-state index contributed by atoms with van der Waals surface area (Å²) in [6.07, 6.45) is 5.39. The van der Waals surface area contributed by atoms with Gasteiger partial charge in [0.05, 0.1) is 12.0 Å². The third-order valence-electron chi connectivity index (χ3n) is 3.60. The highest BCUT2D eigenvalue weighted by atomic mass is 32.2. The molecule has 0 saturated heterocycles. The van der Waals surface area contributed by atoms with Crippen LogP contribution in [-0.2, 0) is 17.1 Å². The molecule has 6 nitrogen and oxygen atoms in total. The standard InChI is InChI=1S/C11H16N2O2S.C4H6N2.C2H6/c1-3-13-9-8-12(2)16(14,15)11-7-5-4-6-10(11)13;1-6-3-2-5-4-6;1-2/h4-7H,3,8-9H2,1-2H3;2-4H,1H3;1-2H3. The monoisotopic (exact) mass is 352 g/mol. The summed E-state index contributed by atoms with van der Waals surface area (Å²) in [6.45, 7) is 8.13. The number of likely N-dealkylation sites (N-methyl/N-ethyl adjacent to an activating group) is 2. The Balaban J connectivity index is 0.000000300. The largest absolute Gasteiger partial charge is 0.369 e. The van der Waals surface area contributed by atoms with Gasteiger partial charge in [-0.2, -0.15) is 4.31 Å². The fraction of sp³-hybridized carbons (Fsp3) is 0.471. The minimum absolute atomic E-state index is 0.414. The quantitative estimate of drug-likeness (QED) is 0.791. The van der Waals surface area contributed by atoms with Gasteiger partial charge >= 0.3 is 0 Å². The van der Waals surface area contributed by atoms with Gasteiger partial charge in [-0.3, -0.25) is 0 Å².